The SMILES string of the molecule is Cc1nc(CCN2C(=O)NC(=O)C2=O)cs1. The van der Waals surface area contributed by atoms with Gasteiger partial charge in [0.1, 0.15) is 0 Å². The number of nitrogens with zero attached hydrogens (tertiary/aromatic N) is 2. The first-order chi connectivity index (χ1) is 7.58. The van der Waals surface area contributed by atoms with Gasteiger partial charge in [-0.2, -0.15) is 0 Å². The molecule has 1 aromatic rings. The third-order valence-electron chi connectivity index (χ3n) is 2.16. The molecule has 7 heteroatoms. The fourth-order valence-corrected chi connectivity index (χ4v) is 2.03. The number of hydrogen-bond acceptors (Lipinski definition) is 5. The van der Waals surface area contributed by atoms with Crippen LogP contribution in [0.4, 0.5) is 4.79 Å². The fourth-order valence-electron chi connectivity index (χ4n) is 1.39. The van der Waals surface area contributed by atoms with Crippen LogP contribution in [0, 0.1) is 6.92 Å². The molecule has 2 rings (SSSR count). The van der Waals surface area contributed by atoms with Crippen molar-refractivity contribution in [2.75, 3.05) is 6.54 Å². The molecule has 84 valence electrons. The molecule has 0 bridgehead atoms. The molecule has 0 aliphatic carbocycles. The Kier molecular flexibility index (Phi) is 2.69. The Bertz CT molecular complexity index is 468. The molecular formula is C9H9N3O3S. The third kappa shape index (κ3) is 1.94. The van der Waals surface area contributed by atoms with Crippen LogP contribution in [0.25, 0.3) is 0 Å². The van der Waals surface area contributed by atoms with Gasteiger partial charge in [0.25, 0.3) is 0 Å². The van der Waals surface area contributed by atoms with Crippen molar-refractivity contribution in [3.63, 3.8) is 0 Å². The van der Waals surface area contributed by atoms with Crippen LogP contribution < -0.4 is 5.32 Å². The molecule has 0 spiro atoms. The first-order valence-corrected chi connectivity index (χ1v) is 5.53. The number of nitrogens with one attached hydrogen (secondary N) is 1. The van der Waals surface area contributed by atoms with E-state index in [9.17, 15) is 14.4 Å². The zero-order chi connectivity index (χ0) is 11.7. The van der Waals surface area contributed by atoms with Gasteiger partial charge in [-0.05, 0) is 6.92 Å². The minimum atomic E-state index is -0.862. The van der Waals surface area contributed by atoms with Crippen molar-refractivity contribution in [2.24, 2.45) is 0 Å². The number of carbonyl (C=O) groups is 3. The number of rotatable bonds is 3. The number of thiazole rings is 1. The highest BCUT2D eigenvalue weighted by atomic mass is 32.1. The van der Waals surface area contributed by atoms with Gasteiger partial charge in [-0.3, -0.25) is 19.8 Å². The van der Waals surface area contributed by atoms with Crippen molar-refractivity contribution in [2.45, 2.75) is 13.3 Å². The Morgan fingerprint density at radius 3 is 2.69 bits per heavy atom. The van der Waals surface area contributed by atoms with E-state index in [0.29, 0.717) is 6.42 Å². The van der Waals surface area contributed by atoms with Crippen LogP contribution in [0.1, 0.15) is 10.7 Å². The minimum absolute atomic E-state index is 0.180. The Labute approximate surface area is 95.3 Å². The summed E-state index contributed by atoms with van der Waals surface area (Å²) in [5, 5.41) is 4.74. The van der Waals surface area contributed by atoms with E-state index in [1.807, 2.05) is 17.6 Å². The first-order valence-electron chi connectivity index (χ1n) is 4.66. The van der Waals surface area contributed by atoms with Gasteiger partial charge in [0.15, 0.2) is 0 Å². The topological polar surface area (TPSA) is 79.4 Å². The largest absolute Gasteiger partial charge is 0.331 e. The highest BCUT2D eigenvalue weighted by Gasteiger charge is 2.36. The van der Waals surface area contributed by atoms with Crippen LogP contribution in [-0.4, -0.2) is 34.3 Å². The highest BCUT2D eigenvalue weighted by Crippen LogP contribution is 2.10. The van der Waals surface area contributed by atoms with Gasteiger partial charge in [-0.15, -0.1) is 11.3 Å². The van der Waals surface area contributed by atoms with Crippen molar-refractivity contribution in [3.8, 4) is 0 Å². The van der Waals surface area contributed by atoms with E-state index in [4.69, 9.17) is 0 Å². The summed E-state index contributed by atoms with van der Waals surface area (Å²) in [5.74, 6) is -1.66. The summed E-state index contributed by atoms with van der Waals surface area (Å²) in [5.41, 5.74) is 0.822. The number of carbonyl (C=O) groups excluding carboxylic acids is 3. The van der Waals surface area contributed by atoms with E-state index in [1.165, 1.54) is 11.3 Å². The van der Waals surface area contributed by atoms with Gasteiger partial charge in [0.05, 0.1) is 10.7 Å². The molecule has 0 atom stereocenters. The Morgan fingerprint density at radius 2 is 2.19 bits per heavy atom. The fraction of sp³-hybridized carbons (Fsp3) is 0.333. The van der Waals surface area contributed by atoms with Crippen molar-refractivity contribution < 1.29 is 14.4 Å². The maximum atomic E-state index is 11.2. The molecule has 16 heavy (non-hydrogen) atoms. The summed E-state index contributed by atoms with van der Waals surface area (Å²) in [7, 11) is 0. The standard InChI is InChI=1S/C9H9N3O3S/c1-5-10-6(4-16-5)2-3-12-8(14)7(13)11-9(12)15/h4H,2-3H2,1H3,(H,11,13,15). The normalized spacial score (nSPS) is 15.8. The van der Waals surface area contributed by atoms with E-state index in [0.717, 1.165) is 15.6 Å². The third-order valence-corrected chi connectivity index (χ3v) is 2.99. The quantitative estimate of drug-likeness (QED) is 0.598. The summed E-state index contributed by atoms with van der Waals surface area (Å²) >= 11 is 1.51. The molecule has 0 aromatic carbocycles. The van der Waals surface area contributed by atoms with Gasteiger partial charge in [-0.25, -0.2) is 9.78 Å². The molecule has 1 aliphatic rings. The summed E-state index contributed by atoms with van der Waals surface area (Å²) in [6.45, 7) is 2.06. The van der Waals surface area contributed by atoms with E-state index in [-0.39, 0.29) is 6.54 Å². The maximum Gasteiger partial charge on any atom is 0.331 e. The van der Waals surface area contributed by atoms with Crippen LogP contribution >= 0.6 is 11.3 Å². The van der Waals surface area contributed by atoms with Crippen LogP contribution in [0.3, 0.4) is 0 Å². The van der Waals surface area contributed by atoms with Crippen LogP contribution in [0.15, 0.2) is 5.38 Å². The summed E-state index contributed by atoms with van der Waals surface area (Å²) in [6.07, 6.45) is 0.469. The molecule has 6 nitrogen and oxygen atoms in total. The molecule has 1 N–H and O–H groups in total. The maximum absolute atomic E-state index is 11.2. The average molecular weight is 239 g/mol. The lowest BCUT2D eigenvalue weighted by Crippen LogP contribution is -2.33. The molecule has 1 saturated heterocycles. The van der Waals surface area contributed by atoms with Crippen LogP contribution in [0.5, 0.6) is 0 Å². The van der Waals surface area contributed by atoms with Gasteiger partial charge in [0.2, 0.25) is 0 Å². The number of imide groups is 2. The lowest BCUT2D eigenvalue weighted by atomic mass is 10.3. The Hall–Kier alpha value is -1.76. The summed E-state index contributed by atoms with van der Waals surface area (Å²) in [4.78, 5) is 38.4. The predicted molar refractivity (Wildman–Crippen MR) is 55.8 cm³/mol. The minimum Gasteiger partial charge on any atom is -0.269 e. The van der Waals surface area contributed by atoms with E-state index < -0.39 is 17.8 Å². The van der Waals surface area contributed by atoms with E-state index in [1.54, 1.807) is 0 Å². The second-order valence-electron chi connectivity index (χ2n) is 3.32. The van der Waals surface area contributed by atoms with Gasteiger partial charge in [-0.1, -0.05) is 0 Å². The summed E-state index contributed by atoms with van der Waals surface area (Å²) < 4.78 is 0. The van der Waals surface area contributed by atoms with Crippen LogP contribution in [-0.2, 0) is 16.0 Å². The smallest absolute Gasteiger partial charge is 0.269 e. The number of amides is 4. The van der Waals surface area contributed by atoms with E-state index in [2.05, 4.69) is 4.98 Å². The highest BCUT2D eigenvalue weighted by molar-refractivity contribution is 7.09. The number of aromatic nitrogens is 1. The number of urea groups is 1. The van der Waals surface area contributed by atoms with Crippen molar-refractivity contribution >= 4 is 29.2 Å². The average Bonchev–Trinajstić information content (AvgIpc) is 2.72. The molecule has 4 amide bonds. The lowest BCUT2D eigenvalue weighted by Gasteiger charge is -2.09. The van der Waals surface area contributed by atoms with E-state index >= 15 is 0 Å². The molecular weight excluding hydrogens is 230 g/mol. The van der Waals surface area contributed by atoms with Crippen molar-refractivity contribution in [3.05, 3.63) is 16.1 Å². The summed E-state index contributed by atoms with van der Waals surface area (Å²) in [6, 6.07) is -0.651. The molecule has 0 unspecified atom stereocenters. The number of hydrogen-bond donors (Lipinski definition) is 1. The van der Waals surface area contributed by atoms with Gasteiger partial charge >= 0.3 is 17.8 Å². The lowest BCUT2D eigenvalue weighted by molar-refractivity contribution is -0.140. The zero-order valence-electron chi connectivity index (χ0n) is 8.52. The molecule has 0 radical (unpaired) electrons. The van der Waals surface area contributed by atoms with Crippen molar-refractivity contribution in [1.82, 2.24) is 15.2 Å². The Balaban J connectivity index is 1.98. The predicted octanol–water partition coefficient (Wildman–Crippen LogP) is 0.0724. The van der Waals surface area contributed by atoms with Gasteiger partial charge in [0, 0.05) is 18.3 Å². The van der Waals surface area contributed by atoms with Crippen LogP contribution in [0.2, 0.25) is 0 Å². The zero-order valence-corrected chi connectivity index (χ0v) is 9.34. The first kappa shape index (κ1) is 10.7. The monoisotopic (exact) mass is 239 g/mol. The molecule has 1 aliphatic heterocycles. The molecule has 2 heterocycles. The molecule has 1 aromatic heterocycles. The van der Waals surface area contributed by atoms with Crippen molar-refractivity contribution in [1.29, 1.82) is 0 Å². The second kappa shape index (κ2) is 4.01. The molecule has 0 saturated carbocycles. The Morgan fingerprint density at radius 1 is 1.44 bits per heavy atom. The molecule has 1 fully saturated rings. The van der Waals surface area contributed by atoms with Gasteiger partial charge < -0.3 is 0 Å². The number of aryl methyl sites for hydroxylation is 1. The second-order valence-corrected chi connectivity index (χ2v) is 4.39.